The summed E-state index contributed by atoms with van der Waals surface area (Å²) in [6.07, 6.45) is 10.0. The van der Waals surface area contributed by atoms with Crippen molar-refractivity contribution in [3.05, 3.63) is 156 Å². The van der Waals surface area contributed by atoms with Gasteiger partial charge in [0.2, 0.25) is 0 Å². The molecule has 0 saturated heterocycles. The van der Waals surface area contributed by atoms with Crippen LogP contribution in [0.15, 0.2) is 140 Å². The fourth-order valence-corrected chi connectivity index (χ4v) is 8.26. The van der Waals surface area contributed by atoms with Crippen molar-refractivity contribution in [1.29, 1.82) is 0 Å². The highest BCUT2D eigenvalue weighted by Crippen LogP contribution is 2.54. The minimum Gasteiger partial charge on any atom is -0.310 e. The highest BCUT2D eigenvalue weighted by Gasteiger charge is 2.32. The number of rotatable bonds is 2. The summed E-state index contributed by atoms with van der Waals surface area (Å²) in [5.74, 6) is 0.268. The predicted octanol–water partition coefficient (Wildman–Crippen LogP) is 11.8. The summed E-state index contributed by atoms with van der Waals surface area (Å²) in [6, 6.07) is 44.9. The average Bonchev–Trinajstić information content (AvgIpc) is 3.34. The first kappa shape index (κ1) is 23.8. The van der Waals surface area contributed by atoms with Gasteiger partial charge in [-0.15, -0.1) is 11.3 Å². The van der Waals surface area contributed by atoms with Crippen LogP contribution in [0.3, 0.4) is 0 Å². The van der Waals surface area contributed by atoms with E-state index in [2.05, 4.69) is 151 Å². The highest BCUT2D eigenvalue weighted by atomic mass is 32.1. The van der Waals surface area contributed by atoms with Crippen LogP contribution in [0.25, 0.3) is 48.8 Å². The zero-order valence-corrected chi connectivity index (χ0v) is 23.8. The summed E-state index contributed by atoms with van der Waals surface area (Å²) < 4.78 is 1.35. The van der Waals surface area contributed by atoms with E-state index in [0.29, 0.717) is 0 Å². The molecule has 2 heteroatoms. The Bertz CT molecular complexity index is 2230. The van der Waals surface area contributed by atoms with E-state index in [1.165, 1.54) is 75.8 Å². The number of benzene rings is 6. The molecule has 0 N–H and O–H groups in total. The molecule has 0 saturated carbocycles. The molecule has 7 aromatic rings. The fourth-order valence-electron chi connectivity index (χ4n) is 7.06. The maximum Gasteiger partial charge on any atom is 0.0551 e. The number of hydrogen-bond acceptors (Lipinski definition) is 2. The number of nitrogens with zero attached hydrogens (tertiary/aromatic N) is 1. The van der Waals surface area contributed by atoms with Crippen molar-refractivity contribution in [2.75, 3.05) is 4.90 Å². The van der Waals surface area contributed by atoms with E-state index in [1.807, 2.05) is 11.3 Å². The lowest BCUT2D eigenvalue weighted by molar-refractivity contribution is 0.841. The molecule has 1 aliphatic carbocycles. The SMILES string of the molecule is C1=CCC2c3cc(-c4ccccc4)ccc3N(c3ccc4c(ccc5ccccc54)c3)c3cccc4sc(c2c34)C=C1. The first-order valence-electron chi connectivity index (χ1n) is 14.6. The van der Waals surface area contributed by atoms with Crippen LogP contribution < -0.4 is 4.90 Å². The molecule has 1 nitrogen and oxygen atoms in total. The average molecular weight is 554 g/mol. The van der Waals surface area contributed by atoms with Crippen LogP contribution in [-0.2, 0) is 0 Å². The molecule has 1 unspecified atom stereocenters. The number of anilines is 3. The van der Waals surface area contributed by atoms with Gasteiger partial charge in [-0.25, -0.2) is 0 Å². The molecule has 198 valence electrons. The van der Waals surface area contributed by atoms with Crippen LogP contribution in [0.5, 0.6) is 0 Å². The first-order valence-corrected chi connectivity index (χ1v) is 15.4. The van der Waals surface area contributed by atoms with Gasteiger partial charge >= 0.3 is 0 Å². The molecule has 9 rings (SSSR count). The Kier molecular flexibility index (Phi) is 5.26. The molecule has 0 spiro atoms. The van der Waals surface area contributed by atoms with Crippen molar-refractivity contribution in [3.63, 3.8) is 0 Å². The number of hydrogen-bond donors (Lipinski definition) is 0. The molecule has 42 heavy (non-hydrogen) atoms. The summed E-state index contributed by atoms with van der Waals surface area (Å²) in [5, 5.41) is 6.52. The van der Waals surface area contributed by atoms with Gasteiger partial charge in [-0.2, -0.15) is 0 Å². The Balaban J connectivity index is 1.36. The van der Waals surface area contributed by atoms with Crippen LogP contribution in [0.4, 0.5) is 17.1 Å². The zero-order valence-electron chi connectivity index (χ0n) is 23.0. The number of fused-ring (bicyclic) bond motifs is 5. The normalized spacial score (nSPS) is 15.5. The van der Waals surface area contributed by atoms with Crippen LogP contribution in [0.1, 0.15) is 28.3 Å². The molecule has 2 heterocycles. The molecule has 6 aromatic carbocycles. The van der Waals surface area contributed by atoms with Crippen LogP contribution in [-0.4, -0.2) is 0 Å². The van der Waals surface area contributed by atoms with E-state index >= 15 is 0 Å². The van der Waals surface area contributed by atoms with Crippen molar-refractivity contribution in [1.82, 2.24) is 0 Å². The molecule has 1 aromatic heterocycles. The van der Waals surface area contributed by atoms with Gasteiger partial charge in [-0.1, -0.05) is 103 Å². The first-order chi connectivity index (χ1) is 20.8. The molecular formula is C40H27NS. The lowest BCUT2D eigenvalue weighted by Crippen LogP contribution is -2.12. The third-order valence-corrected chi connectivity index (χ3v) is 10.1. The lowest BCUT2D eigenvalue weighted by Gasteiger charge is -2.28. The third kappa shape index (κ3) is 3.55. The van der Waals surface area contributed by atoms with Gasteiger partial charge in [0.15, 0.2) is 0 Å². The minimum atomic E-state index is 0.268. The van der Waals surface area contributed by atoms with Gasteiger partial charge < -0.3 is 4.90 Å². The summed E-state index contributed by atoms with van der Waals surface area (Å²) in [6.45, 7) is 0. The zero-order chi connectivity index (χ0) is 27.6. The summed E-state index contributed by atoms with van der Waals surface area (Å²) in [7, 11) is 0. The third-order valence-electron chi connectivity index (χ3n) is 8.95. The summed E-state index contributed by atoms with van der Waals surface area (Å²) in [4.78, 5) is 3.89. The van der Waals surface area contributed by atoms with Crippen LogP contribution in [0.2, 0.25) is 0 Å². The van der Waals surface area contributed by atoms with E-state index in [0.717, 1.165) is 6.42 Å². The topological polar surface area (TPSA) is 3.24 Å². The minimum absolute atomic E-state index is 0.268. The Hall–Kier alpha value is -4.92. The largest absolute Gasteiger partial charge is 0.310 e. The molecule has 0 fully saturated rings. The maximum absolute atomic E-state index is 2.52. The fraction of sp³-hybridized carbons (Fsp3) is 0.0500. The lowest BCUT2D eigenvalue weighted by atomic mass is 9.84. The van der Waals surface area contributed by atoms with Gasteiger partial charge in [0.05, 0.1) is 11.4 Å². The molecule has 2 aliphatic rings. The molecule has 0 radical (unpaired) electrons. The second-order valence-electron chi connectivity index (χ2n) is 11.3. The van der Waals surface area contributed by atoms with E-state index in [4.69, 9.17) is 0 Å². The smallest absolute Gasteiger partial charge is 0.0551 e. The standard InChI is InChI=1S/C40H27NS/c1-3-10-26(11-4-1)28-20-23-35-34(25-28)33-14-5-2-6-16-37-39(33)40-36(15-9-17-38(40)42-37)41(35)30-21-22-32-29(24-30)19-18-27-12-7-8-13-31(27)32/h1-13,15-25,33H,14H2. The van der Waals surface area contributed by atoms with Gasteiger partial charge in [0.1, 0.15) is 0 Å². The Morgan fingerprint density at radius 1 is 0.619 bits per heavy atom. The second-order valence-corrected chi connectivity index (χ2v) is 12.4. The van der Waals surface area contributed by atoms with Crippen LogP contribution in [0, 0.1) is 0 Å². The van der Waals surface area contributed by atoms with E-state index < -0.39 is 0 Å². The van der Waals surface area contributed by atoms with Gasteiger partial charge in [0.25, 0.3) is 0 Å². The van der Waals surface area contributed by atoms with Crippen molar-refractivity contribution < 1.29 is 0 Å². The summed E-state index contributed by atoms with van der Waals surface area (Å²) in [5.41, 5.74) is 9.08. The van der Waals surface area contributed by atoms with E-state index in [-0.39, 0.29) is 5.92 Å². The summed E-state index contributed by atoms with van der Waals surface area (Å²) >= 11 is 1.92. The van der Waals surface area contributed by atoms with Gasteiger partial charge in [-0.05, 0) is 92.7 Å². The second kappa shape index (κ2) is 9.30. The van der Waals surface area contributed by atoms with Crippen molar-refractivity contribution in [3.8, 4) is 11.1 Å². The molecular weight excluding hydrogens is 527 g/mol. The molecule has 1 atom stereocenters. The Morgan fingerprint density at radius 3 is 2.43 bits per heavy atom. The Morgan fingerprint density at radius 2 is 1.48 bits per heavy atom. The molecule has 0 bridgehead atoms. The molecule has 0 amide bonds. The Labute approximate surface area is 249 Å². The van der Waals surface area contributed by atoms with Crippen molar-refractivity contribution in [2.24, 2.45) is 0 Å². The quantitative estimate of drug-likeness (QED) is 0.192. The van der Waals surface area contributed by atoms with Gasteiger partial charge in [-0.3, -0.25) is 0 Å². The van der Waals surface area contributed by atoms with Gasteiger partial charge in [0, 0.05) is 26.6 Å². The number of allylic oxidation sites excluding steroid dienone is 3. The van der Waals surface area contributed by atoms with Crippen molar-refractivity contribution >= 4 is 66.1 Å². The monoisotopic (exact) mass is 553 g/mol. The number of thiophene rings is 1. The predicted molar refractivity (Wildman–Crippen MR) is 182 cm³/mol. The maximum atomic E-state index is 2.52. The molecule has 1 aliphatic heterocycles. The van der Waals surface area contributed by atoms with E-state index in [1.54, 1.807) is 0 Å². The van der Waals surface area contributed by atoms with Crippen molar-refractivity contribution in [2.45, 2.75) is 12.3 Å². The van der Waals surface area contributed by atoms with E-state index in [9.17, 15) is 0 Å². The van der Waals surface area contributed by atoms with Crippen LogP contribution >= 0.6 is 11.3 Å². The highest BCUT2D eigenvalue weighted by molar-refractivity contribution is 7.20.